The fourth-order valence-electron chi connectivity index (χ4n) is 3.66. The summed E-state index contributed by atoms with van der Waals surface area (Å²) in [5, 5.41) is 7.96. The van der Waals surface area contributed by atoms with Crippen LogP contribution in [-0.2, 0) is 11.0 Å². The van der Waals surface area contributed by atoms with Crippen LogP contribution in [0.5, 0.6) is 0 Å². The van der Waals surface area contributed by atoms with Gasteiger partial charge < -0.3 is 26.7 Å². The number of carbonyl (C=O) groups is 3. The van der Waals surface area contributed by atoms with E-state index in [1.54, 1.807) is 42.7 Å². The van der Waals surface area contributed by atoms with Gasteiger partial charge in [0, 0.05) is 29.8 Å². The minimum Gasteiger partial charge on any atom is -0.364 e. The van der Waals surface area contributed by atoms with Gasteiger partial charge >= 0.3 is 12.2 Å². The smallest absolute Gasteiger partial charge is 0.364 e. The summed E-state index contributed by atoms with van der Waals surface area (Å²) in [4.78, 5) is 42.8. The number of primary amides is 1. The summed E-state index contributed by atoms with van der Waals surface area (Å²) in [6.07, 6.45) is -1.50. The van der Waals surface area contributed by atoms with Crippen LogP contribution in [0.25, 0.3) is 22.0 Å². The number of aromatic nitrogens is 2. The van der Waals surface area contributed by atoms with Crippen LogP contribution in [0.1, 0.15) is 23.0 Å². The predicted octanol–water partition coefficient (Wildman–Crippen LogP) is 4.95. The number of pyridine rings is 1. The molecule has 0 aliphatic carbocycles. The highest BCUT2D eigenvalue weighted by Crippen LogP contribution is 2.35. The molecule has 0 atom stereocenters. The monoisotopic (exact) mass is 496 g/mol. The first-order valence-electron chi connectivity index (χ1n) is 10.5. The number of H-pyrrole nitrogens is 1. The minimum absolute atomic E-state index is 0.00815. The second-order valence-corrected chi connectivity index (χ2v) is 7.76. The van der Waals surface area contributed by atoms with E-state index in [1.165, 1.54) is 6.92 Å². The Hall–Kier alpha value is -4.87. The fraction of sp³-hybridized carbons (Fsp3) is 0.0833. The van der Waals surface area contributed by atoms with E-state index >= 15 is 0 Å². The lowest BCUT2D eigenvalue weighted by Crippen LogP contribution is -2.21. The molecule has 0 spiro atoms. The van der Waals surface area contributed by atoms with Gasteiger partial charge in [-0.15, -0.1) is 0 Å². The van der Waals surface area contributed by atoms with Gasteiger partial charge in [0.2, 0.25) is 5.91 Å². The number of hydrogen-bond acceptors (Lipinski definition) is 4. The van der Waals surface area contributed by atoms with Gasteiger partial charge in [0.15, 0.2) is 0 Å². The highest BCUT2D eigenvalue weighted by Gasteiger charge is 2.31. The van der Waals surface area contributed by atoms with Crippen LogP contribution >= 0.6 is 0 Å². The van der Waals surface area contributed by atoms with E-state index in [1.807, 2.05) is 0 Å². The standard InChI is InChI=1S/C24H19F3N6O3/c1-12(34)30-17-7-4-14(24(25,26)27)10-18(17)33-23(36)31-15-5-2-13(3-6-15)20-16-8-9-29-11-19(16)32-21(20)22(28)35/h2-11,32H,1H3,(H2,28,35)(H,30,34)(H2,31,33,36). The van der Waals surface area contributed by atoms with Crippen molar-refractivity contribution in [3.63, 3.8) is 0 Å². The van der Waals surface area contributed by atoms with Gasteiger partial charge in [-0.2, -0.15) is 13.2 Å². The zero-order valence-corrected chi connectivity index (χ0v) is 18.7. The average molecular weight is 496 g/mol. The maximum absolute atomic E-state index is 13.1. The Balaban J connectivity index is 1.57. The van der Waals surface area contributed by atoms with Gasteiger partial charge in [0.05, 0.1) is 28.7 Å². The molecule has 36 heavy (non-hydrogen) atoms. The second-order valence-electron chi connectivity index (χ2n) is 7.76. The lowest BCUT2D eigenvalue weighted by molar-refractivity contribution is -0.137. The molecule has 6 N–H and O–H groups in total. The lowest BCUT2D eigenvalue weighted by atomic mass is 10.0. The summed E-state index contributed by atoms with van der Waals surface area (Å²) in [6, 6.07) is 9.90. The Morgan fingerprint density at radius 3 is 2.31 bits per heavy atom. The van der Waals surface area contributed by atoms with E-state index in [0.29, 0.717) is 22.3 Å². The van der Waals surface area contributed by atoms with Crippen LogP contribution in [0, 0.1) is 0 Å². The first kappa shape index (κ1) is 24.3. The van der Waals surface area contributed by atoms with E-state index in [0.717, 1.165) is 23.6 Å². The van der Waals surface area contributed by atoms with Gasteiger partial charge in [0.1, 0.15) is 5.69 Å². The molecule has 4 rings (SSSR count). The van der Waals surface area contributed by atoms with Crippen LogP contribution in [0.4, 0.5) is 35.0 Å². The largest absolute Gasteiger partial charge is 0.416 e. The Labute approximate surface area is 201 Å². The van der Waals surface area contributed by atoms with Crippen LogP contribution in [0.15, 0.2) is 60.9 Å². The van der Waals surface area contributed by atoms with E-state index < -0.39 is 29.6 Å². The average Bonchev–Trinajstić information content (AvgIpc) is 3.20. The van der Waals surface area contributed by atoms with Crippen molar-refractivity contribution < 1.29 is 27.6 Å². The maximum Gasteiger partial charge on any atom is 0.416 e. The molecule has 0 bridgehead atoms. The predicted molar refractivity (Wildman–Crippen MR) is 128 cm³/mol. The van der Waals surface area contributed by atoms with Crippen LogP contribution in [-0.4, -0.2) is 27.8 Å². The third-order valence-corrected chi connectivity index (χ3v) is 5.18. The van der Waals surface area contributed by atoms with Gasteiger partial charge in [-0.25, -0.2) is 4.79 Å². The maximum atomic E-state index is 13.1. The number of aromatic amines is 1. The Morgan fingerprint density at radius 1 is 0.944 bits per heavy atom. The van der Waals surface area contributed by atoms with Crippen molar-refractivity contribution >= 4 is 45.8 Å². The molecule has 2 aromatic heterocycles. The molecular weight excluding hydrogens is 477 g/mol. The van der Waals surface area contributed by atoms with Crippen molar-refractivity contribution in [3.05, 3.63) is 72.2 Å². The number of alkyl halides is 3. The molecule has 0 saturated heterocycles. The Bertz CT molecular complexity index is 1480. The Kier molecular flexibility index (Phi) is 6.34. The number of hydrogen-bond donors (Lipinski definition) is 5. The number of fused-ring (bicyclic) bond motifs is 1. The molecule has 0 radical (unpaired) electrons. The normalized spacial score (nSPS) is 11.2. The number of anilines is 3. The van der Waals surface area contributed by atoms with Crippen molar-refractivity contribution in [2.24, 2.45) is 5.73 Å². The first-order chi connectivity index (χ1) is 17.0. The minimum atomic E-state index is -4.64. The quantitative estimate of drug-likeness (QED) is 0.266. The molecule has 0 saturated carbocycles. The van der Waals surface area contributed by atoms with Crippen molar-refractivity contribution in [2.45, 2.75) is 13.1 Å². The van der Waals surface area contributed by atoms with E-state index in [2.05, 4.69) is 25.9 Å². The number of carbonyl (C=O) groups excluding carboxylic acids is 3. The highest BCUT2D eigenvalue weighted by atomic mass is 19.4. The summed E-state index contributed by atoms with van der Waals surface area (Å²) in [6.45, 7) is 1.19. The molecular formula is C24H19F3N6O3. The van der Waals surface area contributed by atoms with Crippen LogP contribution < -0.4 is 21.7 Å². The number of halogens is 3. The molecule has 9 nitrogen and oxygen atoms in total. The summed E-state index contributed by atoms with van der Waals surface area (Å²) in [5.41, 5.74) is 6.66. The number of rotatable bonds is 5. The summed E-state index contributed by atoms with van der Waals surface area (Å²) < 4.78 is 39.4. The van der Waals surface area contributed by atoms with Crippen molar-refractivity contribution in [1.82, 2.24) is 9.97 Å². The van der Waals surface area contributed by atoms with Crippen molar-refractivity contribution in [2.75, 3.05) is 16.0 Å². The summed E-state index contributed by atoms with van der Waals surface area (Å²) in [5.74, 6) is -1.17. The van der Waals surface area contributed by atoms with Gasteiger partial charge in [-0.3, -0.25) is 14.6 Å². The van der Waals surface area contributed by atoms with Crippen LogP contribution in [0.3, 0.4) is 0 Å². The van der Waals surface area contributed by atoms with E-state index in [-0.39, 0.29) is 17.1 Å². The highest BCUT2D eigenvalue weighted by molar-refractivity contribution is 6.09. The molecule has 4 amide bonds. The number of nitrogens with two attached hydrogens (primary N) is 1. The molecule has 4 aromatic rings. The van der Waals surface area contributed by atoms with E-state index in [4.69, 9.17) is 5.73 Å². The molecule has 0 aliphatic rings. The topological polar surface area (TPSA) is 142 Å². The molecule has 184 valence electrons. The molecule has 0 fully saturated rings. The number of nitrogens with one attached hydrogen (secondary N) is 4. The third-order valence-electron chi connectivity index (χ3n) is 5.18. The molecule has 12 heteroatoms. The first-order valence-corrected chi connectivity index (χ1v) is 10.5. The molecule has 2 heterocycles. The molecule has 2 aromatic carbocycles. The molecule has 0 aliphatic heterocycles. The van der Waals surface area contributed by atoms with Crippen molar-refractivity contribution in [3.8, 4) is 11.1 Å². The zero-order chi connectivity index (χ0) is 26.0. The third kappa shape index (κ3) is 5.12. The molecule has 0 unspecified atom stereocenters. The van der Waals surface area contributed by atoms with Gasteiger partial charge in [0.25, 0.3) is 5.91 Å². The summed E-state index contributed by atoms with van der Waals surface area (Å²) >= 11 is 0. The second kappa shape index (κ2) is 9.41. The lowest BCUT2D eigenvalue weighted by Gasteiger charge is -2.15. The van der Waals surface area contributed by atoms with Crippen molar-refractivity contribution in [1.29, 1.82) is 0 Å². The SMILES string of the molecule is CC(=O)Nc1ccc(C(F)(F)F)cc1NC(=O)Nc1ccc(-c2c(C(N)=O)[nH]c3cnccc23)cc1. The zero-order valence-electron chi connectivity index (χ0n) is 18.7. The Morgan fingerprint density at radius 2 is 1.67 bits per heavy atom. The number of nitrogens with zero attached hydrogens (tertiary/aromatic N) is 1. The van der Waals surface area contributed by atoms with Gasteiger partial charge in [-0.1, -0.05) is 12.1 Å². The van der Waals surface area contributed by atoms with Gasteiger partial charge in [-0.05, 0) is 42.0 Å². The van der Waals surface area contributed by atoms with E-state index in [9.17, 15) is 27.6 Å². The number of amides is 4. The fourth-order valence-corrected chi connectivity index (χ4v) is 3.66. The summed E-state index contributed by atoms with van der Waals surface area (Å²) in [7, 11) is 0. The van der Waals surface area contributed by atoms with Crippen LogP contribution in [0.2, 0.25) is 0 Å². The number of benzene rings is 2. The number of urea groups is 1.